The summed E-state index contributed by atoms with van der Waals surface area (Å²) in [6.07, 6.45) is 2.91. The van der Waals surface area contributed by atoms with Crippen molar-refractivity contribution in [1.82, 2.24) is 0 Å². The summed E-state index contributed by atoms with van der Waals surface area (Å²) in [5.74, 6) is 0.733. The lowest BCUT2D eigenvalue weighted by atomic mass is 9.71. The Morgan fingerprint density at radius 1 is 1.33 bits per heavy atom. The Morgan fingerprint density at radius 3 is 2.83 bits per heavy atom. The second kappa shape index (κ2) is 3.95. The van der Waals surface area contributed by atoms with Crippen LogP contribution in [0.2, 0.25) is 0 Å². The molecule has 1 unspecified atom stereocenters. The molecule has 0 heterocycles. The van der Waals surface area contributed by atoms with Crippen molar-refractivity contribution in [2.24, 2.45) is 5.41 Å². The molecule has 0 aromatic heterocycles. The van der Waals surface area contributed by atoms with E-state index in [1.807, 2.05) is 25.1 Å². The molecule has 1 N–H and O–H groups in total. The van der Waals surface area contributed by atoms with Crippen LogP contribution in [0.25, 0.3) is 0 Å². The van der Waals surface area contributed by atoms with Crippen molar-refractivity contribution in [3.63, 3.8) is 0 Å². The molecule has 1 aromatic rings. The van der Waals surface area contributed by atoms with Crippen LogP contribution in [0.1, 0.15) is 42.1 Å². The minimum Gasteiger partial charge on any atom is -0.512 e. The number of ketones is 1. The Morgan fingerprint density at radius 2 is 2.11 bits per heavy atom. The topological polar surface area (TPSA) is 37.3 Å². The first-order valence-corrected chi connectivity index (χ1v) is 7.02. The maximum Gasteiger partial charge on any atom is 0.169 e. The highest BCUT2D eigenvalue weighted by molar-refractivity contribution is 9.10. The third-order valence-electron chi connectivity index (χ3n) is 4.26. The number of hydrogen-bond donors (Lipinski definition) is 1. The lowest BCUT2D eigenvalue weighted by molar-refractivity contribution is 0.0782. The molecule has 1 spiro atoms. The van der Waals surface area contributed by atoms with Gasteiger partial charge in [0.05, 0.1) is 5.76 Å². The van der Waals surface area contributed by atoms with Gasteiger partial charge in [-0.15, -0.1) is 0 Å². The molecule has 0 aliphatic heterocycles. The molecule has 1 aromatic carbocycles. The van der Waals surface area contributed by atoms with E-state index in [1.54, 1.807) is 0 Å². The number of hydrogen-bond acceptors (Lipinski definition) is 2. The largest absolute Gasteiger partial charge is 0.512 e. The van der Waals surface area contributed by atoms with Gasteiger partial charge in [-0.1, -0.05) is 22.0 Å². The van der Waals surface area contributed by atoms with Gasteiger partial charge in [0, 0.05) is 21.9 Å². The molecular weight excluding hydrogens is 292 g/mol. The highest BCUT2D eigenvalue weighted by Gasteiger charge is 2.46. The second-order valence-corrected chi connectivity index (χ2v) is 6.41. The fourth-order valence-electron chi connectivity index (χ4n) is 3.26. The normalized spacial score (nSPS) is 26.9. The summed E-state index contributed by atoms with van der Waals surface area (Å²) in [6.45, 7) is 1.93. The van der Waals surface area contributed by atoms with Crippen LogP contribution in [0, 0.1) is 5.41 Å². The van der Waals surface area contributed by atoms with E-state index in [0.29, 0.717) is 18.6 Å². The molecule has 0 bridgehead atoms. The number of rotatable bonds is 0. The van der Waals surface area contributed by atoms with E-state index in [4.69, 9.17) is 0 Å². The lowest BCUT2D eigenvalue weighted by Gasteiger charge is -2.32. The molecule has 2 nitrogen and oxygen atoms in total. The molecule has 0 amide bonds. The van der Waals surface area contributed by atoms with E-state index in [2.05, 4.69) is 15.9 Å². The van der Waals surface area contributed by atoms with Crippen molar-refractivity contribution in [3.05, 3.63) is 45.1 Å². The molecular formula is C15H15BrO2. The SMILES string of the molecule is CC1=C(O)CCC2(C1)Cc1ccc(Br)cc1C2=O. The van der Waals surface area contributed by atoms with Gasteiger partial charge < -0.3 is 5.11 Å². The summed E-state index contributed by atoms with van der Waals surface area (Å²) in [5.41, 5.74) is 2.69. The molecule has 18 heavy (non-hydrogen) atoms. The number of fused-ring (bicyclic) bond motifs is 1. The van der Waals surface area contributed by atoms with Crippen LogP contribution < -0.4 is 0 Å². The highest BCUT2D eigenvalue weighted by atomic mass is 79.9. The maximum absolute atomic E-state index is 12.7. The second-order valence-electron chi connectivity index (χ2n) is 5.49. The van der Waals surface area contributed by atoms with E-state index in [-0.39, 0.29) is 11.2 Å². The summed E-state index contributed by atoms with van der Waals surface area (Å²) in [7, 11) is 0. The van der Waals surface area contributed by atoms with Gasteiger partial charge in [-0.2, -0.15) is 0 Å². The number of benzene rings is 1. The summed E-state index contributed by atoms with van der Waals surface area (Å²) in [4.78, 5) is 12.7. The minimum absolute atomic E-state index is 0.255. The molecule has 2 aliphatic carbocycles. The van der Waals surface area contributed by atoms with Crippen molar-refractivity contribution >= 4 is 21.7 Å². The van der Waals surface area contributed by atoms with Crippen LogP contribution in [0.3, 0.4) is 0 Å². The zero-order chi connectivity index (χ0) is 12.9. The molecule has 0 saturated heterocycles. The Bertz CT molecular complexity index is 574. The standard InChI is InChI=1S/C15H15BrO2/c1-9-7-15(5-4-13(9)17)8-10-2-3-11(16)6-12(10)14(15)18/h2-3,6,17H,4-5,7-8H2,1H3. The van der Waals surface area contributed by atoms with Crippen molar-refractivity contribution in [3.8, 4) is 0 Å². The van der Waals surface area contributed by atoms with Crippen molar-refractivity contribution in [2.75, 3.05) is 0 Å². The first-order valence-electron chi connectivity index (χ1n) is 6.23. The smallest absolute Gasteiger partial charge is 0.169 e. The van der Waals surface area contributed by atoms with E-state index in [1.165, 1.54) is 0 Å². The van der Waals surface area contributed by atoms with Gasteiger partial charge in [0.1, 0.15) is 0 Å². The minimum atomic E-state index is -0.292. The van der Waals surface area contributed by atoms with E-state index in [9.17, 15) is 9.90 Å². The number of aliphatic hydroxyl groups is 1. The van der Waals surface area contributed by atoms with Crippen LogP contribution in [0.5, 0.6) is 0 Å². The number of aliphatic hydroxyl groups excluding tert-OH is 1. The summed E-state index contributed by atoms with van der Waals surface area (Å²) in [6, 6.07) is 5.97. The number of halogens is 1. The maximum atomic E-state index is 12.7. The number of carbonyl (C=O) groups is 1. The molecule has 0 radical (unpaired) electrons. The summed E-state index contributed by atoms with van der Waals surface area (Å²) >= 11 is 3.42. The lowest BCUT2D eigenvalue weighted by Crippen LogP contribution is -2.31. The van der Waals surface area contributed by atoms with Gasteiger partial charge in [-0.05, 0) is 49.5 Å². The first kappa shape index (κ1) is 12.0. The van der Waals surface area contributed by atoms with Gasteiger partial charge in [-0.3, -0.25) is 4.79 Å². The number of carbonyl (C=O) groups excluding carboxylic acids is 1. The summed E-state index contributed by atoms with van der Waals surface area (Å²) < 4.78 is 0.956. The van der Waals surface area contributed by atoms with Crippen molar-refractivity contribution in [2.45, 2.75) is 32.6 Å². The van der Waals surface area contributed by atoms with Crippen LogP contribution >= 0.6 is 15.9 Å². The Labute approximate surface area is 115 Å². The Kier molecular flexibility index (Phi) is 2.63. The van der Waals surface area contributed by atoms with Gasteiger partial charge in [0.25, 0.3) is 0 Å². The third kappa shape index (κ3) is 1.64. The van der Waals surface area contributed by atoms with Crippen molar-refractivity contribution in [1.29, 1.82) is 0 Å². The van der Waals surface area contributed by atoms with Gasteiger partial charge in [0.15, 0.2) is 5.78 Å². The zero-order valence-corrected chi connectivity index (χ0v) is 11.9. The average Bonchev–Trinajstić information content (AvgIpc) is 2.59. The molecule has 3 heteroatoms. The monoisotopic (exact) mass is 306 g/mol. The first-order chi connectivity index (χ1) is 8.52. The van der Waals surface area contributed by atoms with Crippen LogP contribution in [-0.2, 0) is 6.42 Å². The highest BCUT2D eigenvalue weighted by Crippen LogP contribution is 2.48. The van der Waals surface area contributed by atoms with Crippen molar-refractivity contribution < 1.29 is 9.90 Å². The predicted octanol–water partition coefficient (Wildman–Crippen LogP) is 4.19. The molecule has 3 rings (SSSR count). The predicted molar refractivity (Wildman–Crippen MR) is 73.8 cm³/mol. The van der Waals surface area contributed by atoms with E-state index >= 15 is 0 Å². The number of Topliss-reactive ketones (excluding diaryl/α,β-unsaturated/α-hetero) is 1. The van der Waals surface area contributed by atoms with E-state index < -0.39 is 0 Å². The molecule has 0 fully saturated rings. The molecule has 94 valence electrons. The zero-order valence-electron chi connectivity index (χ0n) is 10.3. The fourth-order valence-corrected chi connectivity index (χ4v) is 3.62. The number of allylic oxidation sites excluding steroid dienone is 2. The third-order valence-corrected chi connectivity index (χ3v) is 4.76. The van der Waals surface area contributed by atoms with Gasteiger partial charge >= 0.3 is 0 Å². The van der Waals surface area contributed by atoms with Gasteiger partial charge in [0.2, 0.25) is 0 Å². The Hall–Kier alpha value is -1.09. The van der Waals surface area contributed by atoms with Crippen LogP contribution in [0.15, 0.2) is 34.0 Å². The average molecular weight is 307 g/mol. The molecule has 1 atom stereocenters. The fraction of sp³-hybridized carbons (Fsp3) is 0.400. The van der Waals surface area contributed by atoms with Gasteiger partial charge in [-0.25, -0.2) is 0 Å². The van der Waals surface area contributed by atoms with Crippen LogP contribution in [0.4, 0.5) is 0 Å². The Balaban J connectivity index is 2.03. The van der Waals surface area contributed by atoms with Crippen LogP contribution in [-0.4, -0.2) is 10.9 Å². The summed E-state index contributed by atoms with van der Waals surface area (Å²) in [5, 5.41) is 9.73. The molecule has 2 aliphatic rings. The van der Waals surface area contributed by atoms with E-state index in [0.717, 1.165) is 34.0 Å². The molecule has 0 saturated carbocycles. The quantitative estimate of drug-likeness (QED) is 0.780.